The first-order chi connectivity index (χ1) is 8.42. The maximum Gasteiger partial charge on any atom is 0.237 e. The highest BCUT2D eigenvalue weighted by atomic mass is 16.5. The average Bonchev–Trinajstić information content (AvgIpc) is 2.79. The minimum Gasteiger partial charge on any atom is -0.389 e. The van der Waals surface area contributed by atoms with Gasteiger partial charge in [0.2, 0.25) is 5.91 Å². The zero-order valence-corrected chi connectivity index (χ0v) is 11.1. The number of nitrogens with one attached hydrogen (secondary N) is 1. The number of carbonyl (C=O) groups is 1. The number of aliphatic hydroxyl groups is 1. The molecule has 1 heterocycles. The van der Waals surface area contributed by atoms with Crippen molar-refractivity contribution in [1.29, 1.82) is 0 Å². The van der Waals surface area contributed by atoms with Crippen LogP contribution in [0.4, 0.5) is 0 Å². The minimum absolute atomic E-state index is 0.159. The maximum atomic E-state index is 11.1. The molecule has 0 spiro atoms. The van der Waals surface area contributed by atoms with Crippen molar-refractivity contribution in [2.24, 2.45) is 5.73 Å². The van der Waals surface area contributed by atoms with Crippen molar-refractivity contribution in [1.82, 2.24) is 5.32 Å². The second-order valence-electron chi connectivity index (χ2n) is 5.20. The van der Waals surface area contributed by atoms with Crippen LogP contribution in [0.5, 0.6) is 0 Å². The lowest BCUT2D eigenvalue weighted by Gasteiger charge is -2.24. The lowest BCUT2D eigenvalue weighted by atomic mass is 10.1. The summed E-state index contributed by atoms with van der Waals surface area (Å²) in [6.07, 6.45) is 1.59. The van der Waals surface area contributed by atoms with E-state index in [1.165, 1.54) is 0 Å². The molecule has 4 N–H and O–H groups in total. The molecular formula is C12H24N2O4. The van der Waals surface area contributed by atoms with Gasteiger partial charge < -0.3 is 25.6 Å². The van der Waals surface area contributed by atoms with Crippen molar-refractivity contribution in [3.63, 3.8) is 0 Å². The van der Waals surface area contributed by atoms with Gasteiger partial charge in [-0.2, -0.15) is 0 Å². The molecule has 0 aromatic heterocycles. The Balaban J connectivity index is 2.09. The van der Waals surface area contributed by atoms with Crippen LogP contribution in [0.2, 0.25) is 0 Å². The molecule has 0 saturated carbocycles. The zero-order valence-electron chi connectivity index (χ0n) is 11.1. The Morgan fingerprint density at radius 1 is 1.67 bits per heavy atom. The highest BCUT2D eigenvalue weighted by molar-refractivity contribution is 5.83. The van der Waals surface area contributed by atoms with E-state index in [0.29, 0.717) is 6.61 Å². The summed E-state index contributed by atoms with van der Waals surface area (Å²) in [4.78, 5) is 11.1. The summed E-state index contributed by atoms with van der Waals surface area (Å²) in [5.41, 5.74) is 4.38. The van der Waals surface area contributed by atoms with Gasteiger partial charge in [0.1, 0.15) is 0 Å². The van der Waals surface area contributed by atoms with Crippen LogP contribution in [0, 0.1) is 0 Å². The third-order valence-electron chi connectivity index (χ3n) is 3.03. The summed E-state index contributed by atoms with van der Waals surface area (Å²) >= 11 is 0. The van der Waals surface area contributed by atoms with Crippen molar-refractivity contribution < 1.29 is 19.4 Å². The molecule has 1 saturated heterocycles. The number of nitrogens with two attached hydrogens (primary N) is 1. The summed E-state index contributed by atoms with van der Waals surface area (Å²) in [5, 5.41) is 12.6. The Morgan fingerprint density at radius 2 is 2.39 bits per heavy atom. The fourth-order valence-corrected chi connectivity index (χ4v) is 1.63. The van der Waals surface area contributed by atoms with Crippen LogP contribution in [0.25, 0.3) is 0 Å². The molecule has 1 aliphatic rings. The molecule has 0 aromatic carbocycles. The molecule has 1 fully saturated rings. The summed E-state index contributed by atoms with van der Waals surface area (Å²) in [7, 11) is 0. The third-order valence-corrected chi connectivity index (χ3v) is 3.03. The average molecular weight is 260 g/mol. The van der Waals surface area contributed by atoms with Gasteiger partial charge in [-0.25, -0.2) is 0 Å². The molecular weight excluding hydrogens is 236 g/mol. The molecule has 106 valence electrons. The van der Waals surface area contributed by atoms with E-state index in [-0.39, 0.29) is 19.3 Å². The monoisotopic (exact) mass is 260 g/mol. The van der Waals surface area contributed by atoms with Crippen molar-refractivity contribution >= 4 is 5.91 Å². The number of hydrogen-bond acceptors (Lipinski definition) is 5. The lowest BCUT2D eigenvalue weighted by Crippen LogP contribution is -2.53. The first kappa shape index (κ1) is 15.4. The fraction of sp³-hybridized carbons (Fsp3) is 0.917. The highest BCUT2D eigenvalue weighted by Crippen LogP contribution is 2.11. The van der Waals surface area contributed by atoms with Gasteiger partial charge in [-0.3, -0.25) is 4.79 Å². The van der Waals surface area contributed by atoms with Gasteiger partial charge in [-0.05, 0) is 26.7 Å². The van der Waals surface area contributed by atoms with Crippen LogP contribution in [0.15, 0.2) is 0 Å². The molecule has 0 aliphatic carbocycles. The van der Waals surface area contributed by atoms with Gasteiger partial charge in [0.05, 0.1) is 31.0 Å². The molecule has 6 heteroatoms. The summed E-state index contributed by atoms with van der Waals surface area (Å²) in [5.74, 6) is -0.449. The zero-order chi connectivity index (χ0) is 13.6. The van der Waals surface area contributed by atoms with E-state index in [0.717, 1.165) is 19.4 Å². The van der Waals surface area contributed by atoms with Crippen LogP contribution in [-0.4, -0.2) is 55.1 Å². The number of aliphatic hydroxyl groups excluding tert-OH is 1. The topological polar surface area (TPSA) is 93.8 Å². The molecule has 2 atom stereocenters. The fourth-order valence-electron chi connectivity index (χ4n) is 1.63. The summed E-state index contributed by atoms with van der Waals surface area (Å²) in [6, 6.07) is 0. The number of amides is 1. The lowest BCUT2D eigenvalue weighted by molar-refractivity contribution is -0.123. The largest absolute Gasteiger partial charge is 0.389 e. The van der Waals surface area contributed by atoms with Crippen molar-refractivity contribution in [3.8, 4) is 0 Å². The normalized spacial score (nSPS) is 22.1. The number of primary amides is 1. The molecule has 18 heavy (non-hydrogen) atoms. The maximum absolute atomic E-state index is 11.1. The summed E-state index contributed by atoms with van der Waals surface area (Å²) in [6.45, 7) is 5.15. The van der Waals surface area contributed by atoms with E-state index in [9.17, 15) is 9.90 Å². The minimum atomic E-state index is -0.824. The van der Waals surface area contributed by atoms with Crippen molar-refractivity contribution in [2.75, 3.05) is 26.4 Å². The number of rotatable bonds is 8. The van der Waals surface area contributed by atoms with Gasteiger partial charge >= 0.3 is 0 Å². The second-order valence-corrected chi connectivity index (χ2v) is 5.20. The van der Waals surface area contributed by atoms with E-state index >= 15 is 0 Å². The van der Waals surface area contributed by atoms with Crippen LogP contribution < -0.4 is 11.1 Å². The Labute approximate surface area is 108 Å². The van der Waals surface area contributed by atoms with Crippen LogP contribution in [-0.2, 0) is 14.3 Å². The standard InChI is InChI=1S/C12H24N2O4/c1-12(2,11(13)16)14-6-9(15)7-17-8-10-4-3-5-18-10/h9-10,14-15H,3-8H2,1-2H3,(H2,13,16). The molecule has 0 bridgehead atoms. The summed E-state index contributed by atoms with van der Waals surface area (Å²) < 4.78 is 10.8. The highest BCUT2D eigenvalue weighted by Gasteiger charge is 2.25. The van der Waals surface area contributed by atoms with Crippen LogP contribution >= 0.6 is 0 Å². The van der Waals surface area contributed by atoms with Gasteiger partial charge in [-0.15, -0.1) is 0 Å². The van der Waals surface area contributed by atoms with Gasteiger partial charge in [-0.1, -0.05) is 0 Å². The molecule has 0 radical (unpaired) electrons. The molecule has 6 nitrogen and oxygen atoms in total. The Bertz CT molecular complexity index is 265. The number of carbonyl (C=O) groups excluding carboxylic acids is 1. The Hall–Kier alpha value is -0.690. The van der Waals surface area contributed by atoms with Gasteiger partial charge in [0.15, 0.2) is 0 Å². The second kappa shape index (κ2) is 7.04. The predicted molar refractivity (Wildman–Crippen MR) is 67.1 cm³/mol. The first-order valence-electron chi connectivity index (χ1n) is 6.34. The van der Waals surface area contributed by atoms with E-state index < -0.39 is 17.6 Å². The number of β-amino-alcohol motifs (C(OH)–C–C–N with tert-alkyl or cyclic N) is 1. The van der Waals surface area contributed by atoms with Gasteiger partial charge in [0, 0.05) is 13.2 Å². The molecule has 1 rings (SSSR count). The van der Waals surface area contributed by atoms with Crippen molar-refractivity contribution in [2.45, 2.75) is 44.4 Å². The Kier molecular flexibility index (Phi) is 6.01. The predicted octanol–water partition coefficient (Wildman–Crippen LogP) is -0.604. The van der Waals surface area contributed by atoms with E-state index in [2.05, 4.69) is 5.32 Å². The van der Waals surface area contributed by atoms with E-state index in [4.69, 9.17) is 15.2 Å². The quantitative estimate of drug-likeness (QED) is 0.541. The van der Waals surface area contributed by atoms with E-state index in [1.54, 1.807) is 13.8 Å². The van der Waals surface area contributed by atoms with Crippen LogP contribution in [0.3, 0.4) is 0 Å². The van der Waals surface area contributed by atoms with Crippen molar-refractivity contribution in [3.05, 3.63) is 0 Å². The SMILES string of the molecule is CC(C)(NCC(O)COCC1CCCO1)C(N)=O. The third kappa shape index (κ3) is 5.30. The first-order valence-corrected chi connectivity index (χ1v) is 6.34. The van der Waals surface area contributed by atoms with E-state index in [1.807, 2.05) is 0 Å². The smallest absolute Gasteiger partial charge is 0.237 e. The number of hydrogen-bond donors (Lipinski definition) is 3. The molecule has 2 unspecified atom stereocenters. The van der Waals surface area contributed by atoms with Crippen LogP contribution in [0.1, 0.15) is 26.7 Å². The molecule has 1 aliphatic heterocycles. The molecule has 0 aromatic rings. The molecule has 1 amide bonds. The number of ether oxygens (including phenoxy) is 2. The Morgan fingerprint density at radius 3 is 2.94 bits per heavy atom. The van der Waals surface area contributed by atoms with Gasteiger partial charge in [0.25, 0.3) is 0 Å².